The molecule has 0 radical (unpaired) electrons. The van der Waals surface area contributed by atoms with Crippen LogP contribution in [0, 0.1) is 11.8 Å². The summed E-state index contributed by atoms with van der Waals surface area (Å²) in [6.07, 6.45) is 1.67. The second kappa shape index (κ2) is 6.88. The van der Waals surface area contributed by atoms with Crippen molar-refractivity contribution in [1.29, 1.82) is 0 Å². The Hall–Kier alpha value is -1.26. The van der Waals surface area contributed by atoms with Gasteiger partial charge in [0.1, 0.15) is 5.75 Å². The van der Waals surface area contributed by atoms with Gasteiger partial charge in [-0.25, -0.2) is 0 Å². The van der Waals surface area contributed by atoms with Crippen molar-refractivity contribution in [3.05, 3.63) is 29.3 Å². The van der Waals surface area contributed by atoms with Gasteiger partial charge >= 0.3 is 0 Å². The first-order valence-electron chi connectivity index (χ1n) is 8.06. The molecule has 2 aliphatic rings. The van der Waals surface area contributed by atoms with Crippen molar-refractivity contribution in [3.8, 4) is 5.75 Å². The number of nitrogens with one attached hydrogen (secondary N) is 1. The standard InChI is InChI=1S/C17H23ClN2O2/c1-12(22-16-5-3-2-4-15(16)18)17(21)20-8-6-13-10-19-11-14(13)7-9-20/h2-5,12-14,19H,6-11H2,1H3/t12?,13-,14+. The molecule has 0 spiro atoms. The number of hydrogen-bond donors (Lipinski definition) is 1. The van der Waals surface area contributed by atoms with Gasteiger partial charge in [-0.2, -0.15) is 0 Å². The van der Waals surface area contributed by atoms with Crippen LogP contribution in [0.4, 0.5) is 0 Å². The average Bonchev–Trinajstić information content (AvgIpc) is 2.87. The van der Waals surface area contributed by atoms with E-state index in [2.05, 4.69) is 5.32 Å². The SMILES string of the molecule is CC(Oc1ccccc1Cl)C(=O)N1CC[C@@H]2CNC[C@@H]2CC1. The van der Waals surface area contributed by atoms with Crippen LogP contribution >= 0.6 is 11.6 Å². The highest BCUT2D eigenvalue weighted by atomic mass is 35.5. The molecule has 3 rings (SSSR count). The Bertz CT molecular complexity index is 523. The van der Waals surface area contributed by atoms with Crippen LogP contribution in [0.1, 0.15) is 19.8 Å². The Morgan fingerprint density at radius 3 is 2.55 bits per heavy atom. The zero-order valence-corrected chi connectivity index (χ0v) is 13.7. The zero-order chi connectivity index (χ0) is 15.5. The van der Waals surface area contributed by atoms with Gasteiger partial charge in [0.05, 0.1) is 5.02 Å². The molecular weight excluding hydrogens is 300 g/mol. The Morgan fingerprint density at radius 1 is 1.27 bits per heavy atom. The molecule has 4 nitrogen and oxygen atoms in total. The van der Waals surface area contributed by atoms with Gasteiger partial charge in [-0.05, 0) is 56.8 Å². The Labute approximate surface area is 136 Å². The summed E-state index contributed by atoms with van der Waals surface area (Å²) in [6, 6.07) is 7.28. The number of nitrogens with zero attached hydrogens (tertiary/aromatic N) is 1. The monoisotopic (exact) mass is 322 g/mol. The van der Waals surface area contributed by atoms with Crippen molar-refractivity contribution in [1.82, 2.24) is 10.2 Å². The lowest BCUT2D eigenvalue weighted by Crippen LogP contribution is -2.41. The fourth-order valence-corrected chi connectivity index (χ4v) is 3.66. The molecule has 5 heteroatoms. The van der Waals surface area contributed by atoms with E-state index in [0.717, 1.165) is 50.9 Å². The van der Waals surface area contributed by atoms with Crippen molar-refractivity contribution < 1.29 is 9.53 Å². The lowest BCUT2D eigenvalue weighted by Gasteiger charge is -2.25. The number of likely N-dealkylation sites (tertiary alicyclic amines) is 1. The maximum atomic E-state index is 12.6. The van der Waals surface area contributed by atoms with Crippen molar-refractivity contribution in [2.24, 2.45) is 11.8 Å². The zero-order valence-electron chi connectivity index (χ0n) is 12.9. The smallest absolute Gasteiger partial charge is 0.263 e. The molecule has 2 heterocycles. The van der Waals surface area contributed by atoms with Gasteiger partial charge in [0, 0.05) is 13.1 Å². The minimum atomic E-state index is -0.504. The molecule has 0 aromatic heterocycles. The molecule has 0 aliphatic carbocycles. The number of carbonyl (C=O) groups excluding carboxylic acids is 1. The van der Waals surface area contributed by atoms with Crippen LogP contribution in [0.3, 0.4) is 0 Å². The number of fused-ring (bicyclic) bond motifs is 1. The molecule has 3 atom stereocenters. The average molecular weight is 323 g/mol. The first-order chi connectivity index (χ1) is 10.6. The fourth-order valence-electron chi connectivity index (χ4n) is 3.48. The Morgan fingerprint density at radius 2 is 1.91 bits per heavy atom. The summed E-state index contributed by atoms with van der Waals surface area (Å²) in [5.41, 5.74) is 0. The van der Waals surface area contributed by atoms with Crippen LogP contribution in [0.5, 0.6) is 5.75 Å². The lowest BCUT2D eigenvalue weighted by atomic mass is 9.92. The van der Waals surface area contributed by atoms with Crippen molar-refractivity contribution in [3.63, 3.8) is 0 Å². The molecule has 1 unspecified atom stereocenters. The minimum absolute atomic E-state index is 0.0628. The Kier molecular flexibility index (Phi) is 4.89. The third-order valence-electron chi connectivity index (χ3n) is 4.82. The molecule has 2 aliphatic heterocycles. The molecular formula is C17H23ClN2O2. The van der Waals surface area contributed by atoms with Crippen LogP contribution in [0.15, 0.2) is 24.3 Å². The van der Waals surface area contributed by atoms with E-state index in [1.165, 1.54) is 0 Å². The summed E-state index contributed by atoms with van der Waals surface area (Å²) in [4.78, 5) is 14.6. The summed E-state index contributed by atoms with van der Waals surface area (Å²) in [6.45, 7) is 5.66. The topological polar surface area (TPSA) is 41.6 Å². The molecule has 1 aromatic rings. The quantitative estimate of drug-likeness (QED) is 0.930. The maximum absolute atomic E-state index is 12.6. The predicted octanol–water partition coefficient (Wildman–Crippen LogP) is 2.57. The van der Waals surface area contributed by atoms with Crippen LogP contribution in [0.25, 0.3) is 0 Å². The number of carbonyl (C=O) groups is 1. The number of benzene rings is 1. The largest absolute Gasteiger partial charge is 0.479 e. The highest BCUT2D eigenvalue weighted by Gasteiger charge is 2.32. The van der Waals surface area contributed by atoms with Gasteiger partial charge in [-0.15, -0.1) is 0 Å². The van der Waals surface area contributed by atoms with Crippen molar-refractivity contribution in [2.75, 3.05) is 26.2 Å². The van der Waals surface area contributed by atoms with Gasteiger partial charge in [0.2, 0.25) is 0 Å². The molecule has 1 aromatic carbocycles. The minimum Gasteiger partial charge on any atom is -0.479 e. The summed E-state index contributed by atoms with van der Waals surface area (Å²) in [5, 5.41) is 4.00. The van der Waals surface area contributed by atoms with Crippen LogP contribution in [-0.2, 0) is 4.79 Å². The molecule has 0 bridgehead atoms. The van der Waals surface area contributed by atoms with Crippen LogP contribution < -0.4 is 10.1 Å². The third kappa shape index (κ3) is 3.39. The molecule has 2 saturated heterocycles. The van der Waals surface area contributed by atoms with E-state index in [0.29, 0.717) is 10.8 Å². The fraction of sp³-hybridized carbons (Fsp3) is 0.588. The number of amides is 1. The molecule has 1 amide bonds. The van der Waals surface area contributed by atoms with E-state index in [9.17, 15) is 4.79 Å². The molecule has 22 heavy (non-hydrogen) atoms. The first kappa shape index (κ1) is 15.6. The molecule has 2 fully saturated rings. The van der Waals surface area contributed by atoms with Gasteiger partial charge in [-0.1, -0.05) is 23.7 Å². The van der Waals surface area contributed by atoms with E-state index in [1.807, 2.05) is 17.0 Å². The number of hydrogen-bond acceptors (Lipinski definition) is 3. The predicted molar refractivity (Wildman–Crippen MR) is 87.2 cm³/mol. The van der Waals surface area contributed by atoms with Crippen molar-refractivity contribution >= 4 is 17.5 Å². The molecule has 120 valence electrons. The van der Waals surface area contributed by atoms with Gasteiger partial charge in [-0.3, -0.25) is 4.79 Å². The van der Waals surface area contributed by atoms with Gasteiger partial charge in [0.25, 0.3) is 5.91 Å². The van der Waals surface area contributed by atoms with E-state index >= 15 is 0 Å². The van der Waals surface area contributed by atoms with Gasteiger partial charge in [0.15, 0.2) is 6.10 Å². The second-order valence-electron chi connectivity index (χ2n) is 6.27. The summed E-state index contributed by atoms with van der Waals surface area (Å²) in [7, 11) is 0. The number of para-hydroxylation sites is 1. The normalized spacial score (nSPS) is 26.2. The summed E-state index contributed by atoms with van der Waals surface area (Å²) >= 11 is 6.09. The highest BCUT2D eigenvalue weighted by Crippen LogP contribution is 2.28. The molecule has 0 saturated carbocycles. The third-order valence-corrected chi connectivity index (χ3v) is 5.13. The Balaban J connectivity index is 1.60. The van der Waals surface area contributed by atoms with E-state index in [-0.39, 0.29) is 5.91 Å². The summed E-state index contributed by atoms with van der Waals surface area (Å²) in [5.74, 6) is 2.07. The first-order valence-corrected chi connectivity index (χ1v) is 8.43. The number of ether oxygens (including phenoxy) is 1. The van der Waals surface area contributed by atoms with Gasteiger partial charge < -0.3 is 15.0 Å². The number of halogens is 1. The van der Waals surface area contributed by atoms with Crippen LogP contribution in [-0.4, -0.2) is 43.1 Å². The van der Waals surface area contributed by atoms with E-state index in [1.54, 1.807) is 19.1 Å². The second-order valence-corrected chi connectivity index (χ2v) is 6.68. The number of rotatable bonds is 3. The van der Waals surface area contributed by atoms with E-state index < -0.39 is 6.10 Å². The maximum Gasteiger partial charge on any atom is 0.263 e. The van der Waals surface area contributed by atoms with Crippen LogP contribution in [0.2, 0.25) is 5.02 Å². The summed E-state index contributed by atoms with van der Waals surface area (Å²) < 4.78 is 5.76. The highest BCUT2D eigenvalue weighted by molar-refractivity contribution is 6.32. The van der Waals surface area contributed by atoms with E-state index in [4.69, 9.17) is 16.3 Å². The van der Waals surface area contributed by atoms with Crippen molar-refractivity contribution in [2.45, 2.75) is 25.9 Å². The molecule has 1 N–H and O–H groups in total. The lowest BCUT2D eigenvalue weighted by molar-refractivity contribution is -0.137.